The molecule has 0 bridgehead atoms. The summed E-state index contributed by atoms with van der Waals surface area (Å²) >= 11 is 5.78. The summed E-state index contributed by atoms with van der Waals surface area (Å²) in [6.07, 6.45) is 1.36. The maximum absolute atomic E-state index is 12.8. The number of benzene rings is 1. The van der Waals surface area contributed by atoms with E-state index in [1.807, 2.05) is 26.0 Å². The summed E-state index contributed by atoms with van der Waals surface area (Å²) in [7, 11) is -3.98. The van der Waals surface area contributed by atoms with Crippen LogP contribution < -0.4 is 21.1 Å². The molecule has 0 aliphatic rings. The van der Waals surface area contributed by atoms with Gasteiger partial charge in [-0.25, -0.2) is 13.4 Å². The van der Waals surface area contributed by atoms with E-state index in [1.165, 1.54) is 35.0 Å². The molecule has 2 heterocycles. The lowest BCUT2D eigenvalue weighted by molar-refractivity contribution is -0.121. The van der Waals surface area contributed by atoms with Gasteiger partial charge in [0.1, 0.15) is 6.54 Å². The van der Waals surface area contributed by atoms with Crippen LogP contribution in [0.1, 0.15) is 22.6 Å². The molecule has 12 heteroatoms. The van der Waals surface area contributed by atoms with Gasteiger partial charge in [-0.05, 0) is 56.7 Å². The number of anilines is 1. The number of hydrazine groups is 1. The Kier molecular flexibility index (Phi) is 7.46. The highest BCUT2D eigenvalue weighted by atomic mass is 35.5. The van der Waals surface area contributed by atoms with Crippen molar-refractivity contribution >= 4 is 33.3 Å². The third-order valence-electron chi connectivity index (χ3n) is 4.79. The molecule has 174 valence electrons. The number of nitrogens with zero attached hydrogens (tertiary/aromatic N) is 3. The average molecular weight is 491 g/mol. The first kappa shape index (κ1) is 24.4. The maximum atomic E-state index is 12.8. The summed E-state index contributed by atoms with van der Waals surface area (Å²) in [5, 5.41) is 3.15. The van der Waals surface area contributed by atoms with Gasteiger partial charge >= 0.3 is 0 Å². The molecule has 1 aromatic carbocycles. The van der Waals surface area contributed by atoms with Crippen molar-refractivity contribution in [2.75, 3.05) is 5.43 Å². The largest absolute Gasteiger partial charge is 0.350 e. The molecule has 3 rings (SSSR count). The van der Waals surface area contributed by atoms with Crippen molar-refractivity contribution in [1.29, 1.82) is 0 Å². The van der Waals surface area contributed by atoms with Crippen molar-refractivity contribution in [3.8, 4) is 0 Å². The van der Waals surface area contributed by atoms with E-state index >= 15 is 0 Å². The number of aromatic nitrogens is 3. The number of amides is 1. The molecule has 3 aromatic rings. The van der Waals surface area contributed by atoms with E-state index in [2.05, 4.69) is 25.5 Å². The lowest BCUT2D eigenvalue weighted by Gasteiger charge is -2.13. The predicted molar refractivity (Wildman–Crippen MR) is 124 cm³/mol. The topological polar surface area (TPSA) is 135 Å². The standard InChI is InChI=1S/C21H23ClN6O4S/c1-13-4-5-16(15(3)25-13)11-23-19(29)12-28-14(2)10-24-20(21(28)30)26-27-33(31,32)18-8-6-17(22)7-9-18/h4-10,27H,11-12H2,1-3H3,(H,23,29)(H,24,26). The third-order valence-corrected chi connectivity index (χ3v) is 6.31. The molecule has 2 aromatic heterocycles. The lowest BCUT2D eigenvalue weighted by Crippen LogP contribution is -2.38. The SMILES string of the molecule is Cc1ccc(CNC(=O)Cn2c(C)cnc(NNS(=O)(=O)c3ccc(Cl)cc3)c2=O)c(C)n1. The van der Waals surface area contributed by atoms with Gasteiger partial charge < -0.3 is 5.32 Å². The first-order valence-electron chi connectivity index (χ1n) is 9.86. The highest BCUT2D eigenvalue weighted by Gasteiger charge is 2.16. The first-order chi connectivity index (χ1) is 15.6. The van der Waals surface area contributed by atoms with Gasteiger partial charge in [-0.3, -0.25) is 24.6 Å². The Morgan fingerprint density at radius 1 is 1.09 bits per heavy atom. The van der Waals surface area contributed by atoms with Gasteiger partial charge in [0.25, 0.3) is 15.6 Å². The second-order valence-corrected chi connectivity index (χ2v) is 9.42. The normalized spacial score (nSPS) is 11.3. The number of hydrogen-bond acceptors (Lipinski definition) is 7. The van der Waals surface area contributed by atoms with Crippen LogP contribution in [0.5, 0.6) is 0 Å². The number of nitrogens with one attached hydrogen (secondary N) is 3. The molecule has 0 spiro atoms. The molecule has 0 aliphatic carbocycles. The van der Waals surface area contributed by atoms with Crippen molar-refractivity contribution < 1.29 is 13.2 Å². The van der Waals surface area contributed by atoms with Gasteiger partial charge in [0.2, 0.25) is 11.7 Å². The Morgan fingerprint density at radius 2 is 1.79 bits per heavy atom. The molecular weight excluding hydrogens is 468 g/mol. The maximum Gasteiger partial charge on any atom is 0.295 e. The molecule has 0 radical (unpaired) electrons. The van der Waals surface area contributed by atoms with Crippen molar-refractivity contribution in [2.24, 2.45) is 0 Å². The Hall–Kier alpha value is -3.28. The van der Waals surface area contributed by atoms with E-state index in [9.17, 15) is 18.0 Å². The molecule has 0 saturated carbocycles. The highest BCUT2D eigenvalue weighted by molar-refractivity contribution is 7.89. The van der Waals surface area contributed by atoms with Crippen LogP contribution in [-0.4, -0.2) is 28.9 Å². The van der Waals surface area contributed by atoms with Crippen LogP contribution in [0.25, 0.3) is 0 Å². The number of pyridine rings is 1. The van der Waals surface area contributed by atoms with Gasteiger partial charge in [0.05, 0.1) is 4.90 Å². The highest BCUT2D eigenvalue weighted by Crippen LogP contribution is 2.13. The summed E-state index contributed by atoms with van der Waals surface area (Å²) < 4.78 is 26.0. The Balaban J connectivity index is 1.69. The fourth-order valence-corrected chi connectivity index (χ4v) is 3.91. The minimum atomic E-state index is -3.98. The second-order valence-electron chi connectivity index (χ2n) is 7.30. The monoisotopic (exact) mass is 490 g/mol. The van der Waals surface area contributed by atoms with Crippen LogP contribution in [-0.2, 0) is 27.9 Å². The third kappa shape index (κ3) is 6.15. The molecule has 33 heavy (non-hydrogen) atoms. The van der Waals surface area contributed by atoms with Crippen molar-refractivity contribution in [3.63, 3.8) is 0 Å². The van der Waals surface area contributed by atoms with Gasteiger partial charge in [0.15, 0.2) is 0 Å². The number of hydrogen-bond donors (Lipinski definition) is 3. The molecule has 0 aliphatic heterocycles. The second kappa shape index (κ2) is 10.1. The van der Waals surface area contributed by atoms with E-state index in [0.29, 0.717) is 10.7 Å². The minimum absolute atomic E-state index is 0.0490. The van der Waals surface area contributed by atoms with Crippen molar-refractivity contribution in [3.05, 3.63) is 80.6 Å². The van der Waals surface area contributed by atoms with E-state index in [-0.39, 0.29) is 29.7 Å². The quantitative estimate of drug-likeness (QED) is 0.410. The minimum Gasteiger partial charge on any atom is -0.350 e. The van der Waals surface area contributed by atoms with Crippen LogP contribution in [0.15, 0.2) is 52.3 Å². The molecule has 0 saturated heterocycles. The van der Waals surface area contributed by atoms with Crippen molar-refractivity contribution in [1.82, 2.24) is 24.7 Å². The fraction of sp³-hybridized carbons (Fsp3) is 0.238. The number of rotatable bonds is 8. The Labute approximate surface area is 196 Å². The van der Waals surface area contributed by atoms with Gasteiger partial charge in [-0.15, -0.1) is 4.83 Å². The zero-order chi connectivity index (χ0) is 24.2. The molecule has 3 N–H and O–H groups in total. The van der Waals surface area contributed by atoms with Gasteiger partial charge in [-0.2, -0.15) is 0 Å². The number of carbonyl (C=O) groups is 1. The smallest absolute Gasteiger partial charge is 0.295 e. The molecular formula is C21H23ClN6O4S. The predicted octanol–water partition coefficient (Wildman–Crippen LogP) is 1.84. The molecule has 0 unspecified atom stereocenters. The fourth-order valence-electron chi connectivity index (χ4n) is 2.94. The number of halogens is 1. The van der Waals surface area contributed by atoms with Crippen molar-refractivity contribution in [2.45, 2.75) is 38.8 Å². The van der Waals surface area contributed by atoms with Crippen LogP contribution in [0.3, 0.4) is 0 Å². The van der Waals surface area contributed by atoms with Crippen LogP contribution in [0, 0.1) is 20.8 Å². The molecule has 0 fully saturated rings. The summed E-state index contributed by atoms with van der Waals surface area (Å²) in [6.45, 7) is 5.37. The zero-order valence-electron chi connectivity index (χ0n) is 18.2. The van der Waals surface area contributed by atoms with Gasteiger partial charge in [-0.1, -0.05) is 17.7 Å². The van der Waals surface area contributed by atoms with E-state index in [0.717, 1.165) is 17.0 Å². The number of carbonyl (C=O) groups excluding carboxylic acids is 1. The van der Waals surface area contributed by atoms with Crippen LogP contribution >= 0.6 is 11.6 Å². The summed E-state index contributed by atoms with van der Waals surface area (Å²) in [4.78, 5) is 35.6. The summed E-state index contributed by atoms with van der Waals surface area (Å²) in [6, 6.07) is 9.25. The Morgan fingerprint density at radius 3 is 2.45 bits per heavy atom. The Bertz CT molecular complexity index is 1340. The summed E-state index contributed by atoms with van der Waals surface area (Å²) in [5.74, 6) is -0.663. The average Bonchev–Trinajstić information content (AvgIpc) is 2.76. The first-order valence-corrected chi connectivity index (χ1v) is 11.7. The number of sulfonamides is 1. The van der Waals surface area contributed by atoms with Gasteiger partial charge in [0, 0.05) is 34.8 Å². The van der Waals surface area contributed by atoms with Crippen LogP contribution in [0.2, 0.25) is 5.02 Å². The lowest BCUT2D eigenvalue weighted by atomic mass is 10.2. The molecule has 10 nitrogen and oxygen atoms in total. The zero-order valence-corrected chi connectivity index (χ0v) is 19.8. The molecule has 0 atom stereocenters. The van der Waals surface area contributed by atoms with E-state index in [1.54, 1.807) is 6.92 Å². The summed E-state index contributed by atoms with van der Waals surface area (Å²) in [5.41, 5.74) is 4.67. The van der Waals surface area contributed by atoms with E-state index in [4.69, 9.17) is 11.6 Å². The van der Waals surface area contributed by atoms with Crippen LogP contribution in [0.4, 0.5) is 5.82 Å². The number of aryl methyl sites for hydroxylation is 3. The van der Waals surface area contributed by atoms with E-state index < -0.39 is 15.6 Å². The molecule has 1 amide bonds.